The van der Waals surface area contributed by atoms with Gasteiger partial charge in [0, 0.05) is 6.42 Å². The first-order valence-corrected chi connectivity index (χ1v) is 3.28. The molecule has 3 nitrogen and oxygen atoms in total. The number of hydroxylamine groups is 2. The molecule has 12 heavy (non-hydrogen) atoms. The van der Waals surface area contributed by atoms with Crippen LogP contribution in [0.3, 0.4) is 0 Å². The first kappa shape index (κ1) is 11.1. The van der Waals surface area contributed by atoms with Crippen LogP contribution in [-0.4, -0.2) is 28.1 Å². The molecule has 0 unspecified atom stereocenters. The van der Waals surface area contributed by atoms with E-state index in [0.29, 0.717) is 0 Å². The largest absolute Gasteiger partial charge is 0.402 e. The van der Waals surface area contributed by atoms with Crippen LogP contribution in [0.2, 0.25) is 0 Å². The van der Waals surface area contributed by atoms with E-state index in [2.05, 4.69) is 17.5 Å². The number of amides is 1. The highest BCUT2D eigenvalue weighted by Crippen LogP contribution is 2.20. The van der Waals surface area contributed by atoms with Gasteiger partial charge in [-0.15, -0.1) is 12.3 Å². The lowest BCUT2D eigenvalue weighted by atomic mass is 10.4. The second kappa shape index (κ2) is 4.24. The van der Waals surface area contributed by atoms with Crippen molar-refractivity contribution in [2.24, 2.45) is 0 Å². The van der Waals surface area contributed by atoms with E-state index in [1.54, 1.807) is 0 Å². The van der Waals surface area contributed by atoms with Crippen molar-refractivity contribution in [3.05, 3.63) is 0 Å². The van der Waals surface area contributed by atoms with Crippen LogP contribution in [0.1, 0.15) is 6.42 Å². The van der Waals surface area contributed by atoms with E-state index in [-0.39, 0.29) is 18.0 Å². The Morgan fingerprint density at radius 3 is 2.58 bits per heavy atom. The Kier molecular flexibility index (Phi) is 3.93. The molecule has 0 fully saturated rings. The average molecular weight is 198 g/mol. The van der Waals surface area contributed by atoms with Gasteiger partial charge in [-0.25, -0.2) is 5.06 Å². The predicted octanol–water partition coefficient (Wildman–Crippen LogP) is 1.06. The van der Waals surface area contributed by atoms with E-state index in [0.717, 1.165) is 0 Å². The molecule has 68 valence electrons. The number of terminal acetylenes is 1. The molecule has 6 heteroatoms. The number of rotatable bonds is 3. The molecular weight excluding hydrogens is 192 g/mol. The molecule has 1 amide bonds. The Morgan fingerprint density at radius 2 is 2.25 bits per heavy atom. The summed E-state index contributed by atoms with van der Waals surface area (Å²) in [6, 6.07) is 0. The monoisotopic (exact) mass is 197 g/mol. The van der Waals surface area contributed by atoms with Crippen molar-refractivity contribution < 1.29 is 18.8 Å². The number of carbonyl (C=O) groups is 1. The maximum atomic E-state index is 12.0. The molecule has 0 saturated heterocycles. The highest BCUT2D eigenvalue weighted by atomic mass is 35.5. The van der Waals surface area contributed by atoms with Crippen molar-refractivity contribution in [2.45, 2.75) is 11.8 Å². The molecule has 0 aliphatic rings. The van der Waals surface area contributed by atoms with E-state index >= 15 is 0 Å². The number of alkyl halides is 3. The van der Waals surface area contributed by atoms with E-state index in [1.807, 2.05) is 0 Å². The smallest absolute Gasteiger partial charge is 0.286 e. The third-order valence-electron chi connectivity index (χ3n) is 0.945. The Morgan fingerprint density at radius 1 is 1.75 bits per heavy atom. The molecule has 0 atom stereocenters. The zero-order valence-corrected chi connectivity index (χ0v) is 6.68. The van der Waals surface area contributed by atoms with Gasteiger partial charge in [-0.1, -0.05) is 0 Å². The molecule has 0 radical (unpaired) electrons. The summed E-state index contributed by atoms with van der Waals surface area (Å²) in [7, 11) is 0. The van der Waals surface area contributed by atoms with Gasteiger partial charge in [0.15, 0.2) is 0 Å². The second-order valence-corrected chi connectivity index (χ2v) is 2.35. The van der Waals surface area contributed by atoms with Gasteiger partial charge in [-0.3, -0.25) is 10.0 Å². The van der Waals surface area contributed by atoms with Gasteiger partial charge in [0.05, 0.1) is 6.54 Å². The van der Waals surface area contributed by atoms with Gasteiger partial charge < -0.3 is 0 Å². The van der Waals surface area contributed by atoms with Crippen molar-refractivity contribution in [2.75, 3.05) is 6.54 Å². The average Bonchev–Trinajstić information content (AvgIpc) is 1.97. The lowest BCUT2D eigenvalue weighted by molar-refractivity contribution is -0.181. The number of hydrogen-bond acceptors (Lipinski definition) is 2. The Balaban J connectivity index is 4.04. The highest BCUT2D eigenvalue weighted by molar-refractivity contribution is 6.31. The van der Waals surface area contributed by atoms with Crippen LogP contribution in [0.4, 0.5) is 8.78 Å². The molecular formula is C6H6ClF2NO2. The van der Waals surface area contributed by atoms with E-state index in [1.165, 1.54) is 0 Å². The van der Waals surface area contributed by atoms with Crippen LogP contribution in [-0.2, 0) is 4.79 Å². The van der Waals surface area contributed by atoms with E-state index in [9.17, 15) is 13.6 Å². The first-order chi connectivity index (χ1) is 5.39. The maximum Gasteiger partial charge on any atom is 0.402 e. The number of hydrogen-bond donors (Lipinski definition) is 1. The Hall–Kier alpha value is -0.860. The molecule has 0 aromatic heterocycles. The van der Waals surface area contributed by atoms with Crippen molar-refractivity contribution in [3.63, 3.8) is 0 Å². The zero-order chi connectivity index (χ0) is 9.78. The fourth-order valence-electron chi connectivity index (χ4n) is 0.418. The molecule has 0 spiro atoms. The third kappa shape index (κ3) is 3.51. The van der Waals surface area contributed by atoms with Crippen LogP contribution in [0.25, 0.3) is 0 Å². The molecule has 0 heterocycles. The van der Waals surface area contributed by atoms with Gasteiger partial charge in [0.1, 0.15) is 0 Å². The van der Waals surface area contributed by atoms with Crippen molar-refractivity contribution in [1.82, 2.24) is 5.06 Å². The minimum Gasteiger partial charge on any atom is -0.286 e. The summed E-state index contributed by atoms with van der Waals surface area (Å²) in [5.74, 6) is 0.188. The number of nitrogens with zero attached hydrogens (tertiary/aromatic N) is 1. The van der Waals surface area contributed by atoms with Gasteiger partial charge >= 0.3 is 11.3 Å². The standard InChI is InChI=1S/C6H6ClF2NO2/c1-2-3-4-10(12)5(11)6(7,8)9/h1,12H,3-4H2. The normalized spacial score (nSPS) is 10.6. The lowest BCUT2D eigenvalue weighted by Crippen LogP contribution is -2.38. The quantitative estimate of drug-likeness (QED) is 0.318. The fourth-order valence-corrected chi connectivity index (χ4v) is 0.516. The second-order valence-electron chi connectivity index (χ2n) is 1.88. The SMILES string of the molecule is C#CCCN(O)C(=O)C(F)(F)Cl. The third-order valence-corrected chi connectivity index (χ3v) is 1.11. The van der Waals surface area contributed by atoms with Gasteiger partial charge in [-0.2, -0.15) is 8.78 Å². The predicted molar refractivity (Wildman–Crippen MR) is 37.7 cm³/mol. The molecule has 0 aromatic carbocycles. The molecule has 0 aliphatic carbocycles. The van der Waals surface area contributed by atoms with Crippen molar-refractivity contribution >= 4 is 17.5 Å². The number of halogens is 3. The summed E-state index contributed by atoms with van der Waals surface area (Å²) >= 11 is 4.32. The van der Waals surface area contributed by atoms with Crippen molar-refractivity contribution in [3.8, 4) is 12.3 Å². The topological polar surface area (TPSA) is 40.5 Å². The maximum absolute atomic E-state index is 12.0. The lowest BCUT2D eigenvalue weighted by Gasteiger charge is -2.15. The van der Waals surface area contributed by atoms with E-state index in [4.69, 9.17) is 11.6 Å². The van der Waals surface area contributed by atoms with Crippen LogP contribution < -0.4 is 0 Å². The van der Waals surface area contributed by atoms with Crippen LogP contribution in [0.15, 0.2) is 0 Å². The summed E-state index contributed by atoms with van der Waals surface area (Å²) in [4.78, 5) is 10.4. The minimum atomic E-state index is -4.08. The molecule has 0 rings (SSSR count). The van der Waals surface area contributed by atoms with E-state index < -0.39 is 11.3 Å². The van der Waals surface area contributed by atoms with Gasteiger partial charge in [-0.05, 0) is 11.6 Å². The highest BCUT2D eigenvalue weighted by Gasteiger charge is 2.39. The first-order valence-electron chi connectivity index (χ1n) is 2.90. The molecule has 0 aliphatic heterocycles. The van der Waals surface area contributed by atoms with Gasteiger partial charge in [0.2, 0.25) is 0 Å². The summed E-state index contributed by atoms with van der Waals surface area (Å²) < 4.78 is 23.9. The van der Waals surface area contributed by atoms with Crippen LogP contribution >= 0.6 is 11.6 Å². The van der Waals surface area contributed by atoms with Crippen LogP contribution in [0, 0.1) is 12.3 Å². The molecule has 1 N–H and O–H groups in total. The number of carbonyl (C=O) groups excluding carboxylic acids is 1. The fraction of sp³-hybridized carbons (Fsp3) is 0.500. The Labute approximate surface area is 72.9 Å². The summed E-state index contributed by atoms with van der Waals surface area (Å²) in [5.41, 5.74) is 0. The molecule has 0 aromatic rings. The molecule has 0 saturated carbocycles. The van der Waals surface area contributed by atoms with Crippen LogP contribution in [0.5, 0.6) is 0 Å². The van der Waals surface area contributed by atoms with Crippen molar-refractivity contribution in [1.29, 1.82) is 0 Å². The van der Waals surface area contributed by atoms with Gasteiger partial charge in [0.25, 0.3) is 0 Å². The summed E-state index contributed by atoms with van der Waals surface area (Å²) in [6.07, 6.45) is 4.75. The Bertz CT molecular complexity index is 209. The summed E-state index contributed by atoms with van der Waals surface area (Å²) in [6.45, 7) is -0.363. The summed E-state index contributed by atoms with van der Waals surface area (Å²) in [5, 5.41) is 4.33. The minimum absolute atomic E-state index is 0.0186. The zero-order valence-electron chi connectivity index (χ0n) is 5.93. The molecule has 0 bridgehead atoms.